The smallest absolute Gasteiger partial charge is 0.254 e. The van der Waals surface area contributed by atoms with E-state index in [1.807, 2.05) is 79.4 Å². The summed E-state index contributed by atoms with van der Waals surface area (Å²) in [5.41, 5.74) is 2.25. The van der Waals surface area contributed by atoms with Crippen LogP contribution in [0, 0.1) is 11.3 Å². The van der Waals surface area contributed by atoms with Gasteiger partial charge in [0.1, 0.15) is 0 Å². The molecule has 3 aromatic carbocycles. The SMILES string of the molecule is CC(C)N(Cc1cccc(C#N)c1)C(=O)c1ccc2ccccc2c1. The maximum atomic E-state index is 13.0. The van der Waals surface area contributed by atoms with Crippen LogP contribution in [-0.2, 0) is 6.54 Å². The summed E-state index contributed by atoms with van der Waals surface area (Å²) in [6.45, 7) is 4.50. The van der Waals surface area contributed by atoms with Gasteiger partial charge in [0.2, 0.25) is 0 Å². The summed E-state index contributed by atoms with van der Waals surface area (Å²) >= 11 is 0. The third kappa shape index (κ3) is 3.70. The van der Waals surface area contributed by atoms with Crippen LogP contribution in [0.25, 0.3) is 10.8 Å². The summed E-state index contributed by atoms with van der Waals surface area (Å²) in [5, 5.41) is 11.2. The van der Waals surface area contributed by atoms with Gasteiger partial charge in [-0.05, 0) is 54.4 Å². The number of carbonyl (C=O) groups excluding carboxylic acids is 1. The highest BCUT2D eigenvalue weighted by Gasteiger charge is 2.19. The highest BCUT2D eigenvalue weighted by Crippen LogP contribution is 2.19. The topological polar surface area (TPSA) is 44.1 Å². The van der Waals surface area contributed by atoms with Gasteiger partial charge in [-0.25, -0.2) is 0 Å². The molecule has 3 heteroatoms. The molecule has 0 N–H and O–H groups in total. The lowest BCUT2D eigenvalue weighted by Gasteiger charge is -2.27. The molecule has 0 aliphatic rings. The zero-order valence-corrected chi connectivity index (χ0v) is 14.4. The van der Waals surface area contributed by atoms with Crippen molar-refractivity contribution in [2.24, 2.45) is 0 Å². The fourth-order valence-corrected chi connectivity index (χ4v) is 2.91. The molecule has 3 nitrogen and oxygen atoms in total. The van der Waals surface area contributed by atoms with Crippen molar-refractivity contribution in [2.75, 3.05) is 0 Å². The third-order valence-electron chi connectivity index (χ3n) is 4.29. The second kappa shape index (κ2) is 7.19. The summed E-state index contributed by atoms with van der Waals surface area (Å²) in [6.07, 6.45) is 0. The first-order valence-electron chi connectivity index (χ1n) is 8.37. The van der Waals surface area contributed by atoms with E-state index < -0.39 is 0 Å². The normalized spacial score (nSPS) is 10.6. The molecule has 0 heterocycles. The van der Waals surface area contributed by atoms with E-state index in [1.165, 1.54) is 0 Å². The number of nitriles is 1. The van der Waals surface area contributed by atoms with Crippen LogP contribution in [-0.4, -0.2) is 16.8 Å². The van der Waals surface area contributed by atoms with Gasteiger partial charge < -0.3 is 4.90 Å². The minimum absolute atomic E-state index is 0.00288. The molecule has 1 amide bonds. The largest absolute Gasteiger partial charge is 0.332 e. The predicted molar refractivity (Wildman–Crippen MR) is 100 cm³/mol. The molecule has 0 bridgehead atoms. The maximum absolute atomic E-state index is 13.0. The summed E-state index contributed by atoms with van der Waals surface area (Å²) in [7, 11) is 0. The summed E-state index contributed by atoms with van der Waals surface area (Å²) in [6, 6.07) is 23.4. The number of carbonyl (C=O) groups is 1. The van der Waals surface area contributed by atoms with Crippen molar-refractivity contribution >= 4 is 16.7 Å². The third-order valence-corrected chi connectivity index (χ3v) is 4.29. The second-order valence-corrected chi connectivity index (χ2v) is 6.40. The van der Waals surface area contributed by atoms with E-state index in [4.69, 9.17) is 5.26 Å². The van der Waals surface area contributed by atoms with E-state index >= 15 is 0 Å². The zero-order chi connectivity index (χ0) is 17.8. The van der Waals surface area contributed by atoms with Crippen LogP contribution in [0.5, 0.6) is 0 Å². The molecule has 124 valence electrons. The van der Waals surface area contributed by atoms with Crippen molar-refractivity contribution in [3.63, 3.8) is 0 Å². The standard InChI is InChI=1S/C22H20N2O/c1-16(2)24(15-18-7-5-6-17(12-18)14-23)22(25)21-11-10-19-8-3-4-9-20(19)13-21/h3-13,16H,15H2,1-2H3. The molecule has 0 aliphatic heterocycles. The van der Waals surface area contributed by atoms with E-state index in [9.17, 15) is 4.79 Å². The molecule has 25 heavy (non-hydrogen) atoms. The fourth-order valence-electron chi connectivity index (χ4n) is 2.91. The van der Waals surface area contributed by atoms with E-state index in [1.54, 1.807) is 6.07 Å². The molecule has 0 radical (unpaired) electrons. The number of rotatable bonds is 4. The van der Waals surface area contributed by atoms with Gasteiger partial charge in [-0.2, -0.15) is 5.26 Å². The first-order chi connectivity index (χ1) is 12.1. The van der Waals surface area contributed by atoms with Crippen molar-refractivity contribution < 1.29 is 4.79 Å². The molecule has 0 saturated carbocycles. The van der Waals surface area contributed by atoms with Gasteiger partial charge in [0.05, 0.1) is 11.6 Å². The predicted octanol–water partition coefficient (Wildman–Crippen LogP) is 4.76. The summed E-state index contributed by atoms with van der Waals surface area (Å²) in [5.74, 6) is 0.00288. The van der Waals surface area contributed by atoms with Gasteiger partial charge in [-0.3, -0.25) is 4.79 Å². The van der Waals surface area contributed by atoms with Gasteiger partial charge in [-0.1, -0.05) is 42.5 Å². The van der Waals surface area contributed by atoms with Gasteiger partial charge in [-0.15, -0.1) is 0 Å². The van der Waals surface area contributed by atoms with Crippen LogP contribution >= 0.6 is 0 Å². The first kappa shape index (κ1) is 16.7. The Bertz CT molecular complexity index is 953. The molecule has 0 aromatic heterocycles. The number of nitrogens with zero attached hydrogens (tertiary/aromatic N) is 2. The van der Waals surface area contributed by atoms with Gasteiger partial charge >= 0.3 is 0 Å². The second-order valence-electron chi connectivity index (χ2n) is 6.40. The fraction of sp³-hybridized carbons (Fsp3) is 0.182. The van der Waals surface area contributed by atoms with Crippen LogP contribution in [0.15, 0.2) is 66.7 Å². The lowest BCUT2D eigenvalue weighted by molar-refractivity contribution is 0.0690. The Morgan fingerprint density at radius 2 is 1.76 bits per heavy atom. The number of amides is 1. The Kier molecular flexibility index (Phi) is 4.81. The zero-order valence-electron chi connectivity index (χ0n) is 14.4. The minimum atomic E-state index is 0.00288. The summed E-state index contributed by atoms with van der Waals surface area (Å²) in [4.78, 5) is 14.9. The minimum Gasteiger partial charge on any atom is -0.332 e. The molecule has 0 spiro atoms. The average Bonchev–Trinajstić information content (AvgIpc) is 2.65. The number of hydrogen-bond acceptors (Lipinski definition) is 2. The molecular formula is C22H20N2O. The lowest BCUT2D eigenvalue weighted by atomic mass is 10.0. The van der Waals surface area contributed by atoms with Crippen LogP contribution < -0.4 is 0 Å². The highest BCUT2D eigenvalue weighted by molar-refractivity contribution is 5.98. The Hall–Kier alpha value is -3.12. The Morgan fingerprint density at radius 3 is 2.48 bits per heavy atom. The number of benzene rings is 3. The van der Waals surface area contributed by atoms with E-state index in [0.29, 0.717) is 17.7 Å². The molecule has 0 atom stereocenters. The Morgan fingerprint density at radius 1 is 1.00 bits per heavy atom. The van der Waals surface area contributed by atoms with Crippen molar-refractivity contribution in [1.29, 1.82) is 5.26 Å². The van der Waals surface area contributed by atoms with Gasteiger partial charge in [0.25, 0.3) is 5.91 Å². The molecule has 3 rings (SSSR count). The van der Waals surface area contributed by atoms with Crippen molar-refractivity contribution in [3.05, 3.63) is 83.4 Å². The van der Waals surface area contributed by atoms with Crippen LogP contribution in [0.2, 0.25) is 0 Å². The molecular weight excluding hydrogens is 308 g/mol. The highest BCUT2D eigenvalue weighted by atomic mass is 16.2. The van der Waals surface area contributed by atoms with Gasteiger partial charge in [0, 0.05) is 18.2 Å². The molecule has 0 unspecified atom stereocenters. The van der Waals surface area contributed by atoms with E-state index in [-0.39, 0.29) is 11.9 Å². The summed E-state index contributed by atoms with van der Waals surface area (Å²) < 4.78 is 0. The monoisotopic (exact) mass is 328 g/mol. The molecule has 0 saturated heterocycles. The van der Waals surface area contributed by atoms with Crippen LogP contribution in [0.1, 0.15) is 35.3 Å². The first-order valence-corrected chi connectivity index (χ1v) is 8.37. The number of fused-ring (bicyclic) bond motifs is 1. The lowest BCUT2D eigenvalue weighted by Crippen LogP contribution is -2.36. The van der Waals surface area contributed by atoms with Crippen LogP contribution in [0.3, 0.4) is 0 Å². The van der Waals surface area contributed by atoms with Crippen molar-refractivity contribution in [1.82, 2.24) is 4.90 Å². The number of hydrogen-bond donors (Lipinski definition) is 0. The van der Waals surface area contributed by atoms with Crippen molar-refractivity contribution in [3.8, 4) is 6.07 Å². The molecule has 0 fully saturated rings. The quantitative estimate of drug-likeness (QED) is 0.693. The van der Waals surface area contributed by atoms with Gasteiger partial charge in [0.15, 0.2) is 0 Å². The molecule has 0 aliphatic carbocycles. The Balaban J connectivity index is 1.90. The van der Waals surface area contributed by atoms with E-state index in [0.717, 1.165) is 16.3 Å². The maximum Gasteiger partial charge on any atom is 0.254 e. The Labute approximate surface area is 148 Å². The van der Waals surface area contributed by atoms with Crippen molar-refractivity contribution in [2.45, 2.75) is 26.4 Å². The average molecular weight is 328 g/mol. The van der Waals surface area contributed by atoms with Crippen LogP contribution in [0.4, 0.5) is 0 Å². The van der Waals surface area contributed by atoms with E-state index in [2.05, 4.69) is 6.07 Å². The molecule has 3 aromatic rings.